The zero-order valence-electron chi connectivity index (χ0n) is 24.1. The monoisotopic (exact) mass is 564 g/mol. The minimum atomic E-state index is -2.29. The molecule has 0 radical (unpaired) electrons. The summed E-state index contributed by atoms with van der Waals surface area (Å²) in [7, 11) is 0. The van der Waals surface area contributed by atoms with Crippen molar-refractivity contribution in [1.29, 1.82) is 5.26 Å². The number of rotatable bonds is 4. The highest BCUT2D eigenvalue weighted by atomic mass is 19.1. The van der Waals surface area contributed by atoms with E-state index >= 15 is 8.78 Å². The third-order valence-corrected chi connectivity index (χ3v) is 12.4. The minimum absolute atomic E-state index is 0.0436. The summed E-state index contributed by atoms with van der Waals surface area (Å²) in [5.41, 5.74) is -7.02. The molecule has 4 fully saturated rings. The van der Waals surface area contributed by atoms with E-state index in [2.05, 4.69) is 11.0 Å². The van der Waals surface area contributed by atoms with Gasteiger partial charge in [-0.1, -0.05) is 32.1 Å². The van der Waals surface area contributed by atoms with Crippen LogP contribution in [0.2, 0.25) is 0 Å². The molecule has 218 valence electrons. The highest BCUT2D eigenvalue weighted by molar-refractivity contribution is 6.01. The van der Waals surface area contributed by atoms with Crippen molar-refractivity contribution in [3.05, 3.63) is 59.2 Å². The third kappa shape index (κ3) is 3.26. The molecule has 4 aliphatic carbocycles. The zero-order valence-corrected chi connectivity index (χ0v) is 24.1. The molecule has 0 spiro atoms. The third-order valence-electron chi connectivity index (χ3n) is 12.4. The second-order valence-corrected chi connectivity index (χ2v) is 14.1. The highest BCUT2D eigenvalue weighted by Gasteiger charge is 2.84. The quantitative estimate of drug-likeness (QED) is 0.567. The van der Waals surface area contributed by atoms with Gasteiger partial charge in [-0.25, -0.2) is 8.78 Å². The van der Waals surface area contributed by atoms with E-state index in [1.54, 1.807) is 19.1 Å². The van der Waals surface area contributed by atoms with Crippen LogP contribution in [0.5, 0.6) is 0 Å². The summed E-state index contributed by atoms with van der Waals surface area (Å²) >= 11 is 0. The number of carbonyl (C=O) groups excluding carboxylic acids is 2. The summed E-state index contributed by atoms with van der Waals surface area (Å²) in [5, 5.41) is 31.6. The van der Waals surface area contributed by atoms with E-state index < -0.39 is 51.6 Å². The van der Waals surface area contributed by atoms with Crippen molar-refractivity contribution in [2.75, 3.05) is 19.7 Å². The van der Waals surface area contributed by atoms with E-state index in [9.17, 15) is 19.8 Å². The maximum Gasteiger partial charge on any atom is 0.178 e. The number of nitrogens with zero attached hydrogens (tertiary/aromatic N) is 2. The normalized spacial score (nSPS) is 46.7. The SMILES string of the molecule is C[C@]12C[C@](C)(O)[C@@]3(F)[C@@H](C[C@H](F)C4=CC(=O)C=C[C@@]43C)[C@]1(C)C[C@H]1CN(Cc3ccc(C#N)cc3)C[C@]12C(=O)CO. The van der Waals surface area contributed by atoms with Gasteiger partial charge in [-0.05, 0) is 85.3 Å². The van der Waals surface area contributed by atoms with Crippen molar-refractivity contribution in [1.82, 2.24) is 4.90 Å². The van der Waals surface area contributed by atoms with E-state index in [0.717, 1.165) is 5.56 Å². The molecule has 0 bridgehead atoms. The molecular formula is C33H38F2N2O4. The first-order valence-electron chi connectivity index (χ1n) is 14.5. The molecule has 41 heavy (non-hydrogen) atoms. The molecule has 6 nitrogen and oxygen atoms in total. The second kappa shape index (κ2) is 8.65. The van der Waals surface area contributed by atoms with Crippen LogP contribution in [0.3, 0.4) is 0 Å². The van der Waals surface area contributed by atoms with Gasteiger partial charge in [0.05, 0.1) is 22.6 Å². The first-order chi connectivity index (χ1) is 19.1. The molecule has 2 N–H and O–H groups in total. The molecule has 6 rings (SSSR count). The van der Waals surface area contributed by atoms with Crippen LogP contribution in [0.4, 0.5) is 8.78 Å². The van der Waals surface area contributed by atoms with Crippen LogP contribution in [0.25, 0.3) is 0 Å². The van der Waals surface area contributed by atoms with Gasteiger partial charge in [0.2, 0.25) is 0 Å². The molecule has 1 aromatic rings. The lowest BCUT2D eigenvalue weighted by Crippen LogP contribution is -2.76. The van der Waals surface area contributed by atoms with Gasteiger partial charge in [0.25, 0.3) is 0 Å². The first-order valence-corrected chi connectivity index (χ1v) is 14.5. The Morgan fingerprint density at radius 3 is 2.51 bits per heavy atom. The Morgan fingerprint density at radius 1 is 1.20 bits per heavy atom. The van der Waals surface area contributed by atoms with Gasteiger partial charge in [-0.3, -0.25) is 14.5 Å². The number of allylic oxidation sites excluding steroid dienone is 4. The molecule has 9 atom stereocenters. The van der Waals surface area contributed by atoms with Crippen LogP contribution in [0.1, 0.15) is 58.1 Å². The summed E-state index contributed by atoms with van der Waals surface area (Å²) in [4.78, 5) is 28.3. The molecule has 8 heteroatoms. The van der Waals surface area contributed by atoms with E-state index in [4.69, 9.17) is 5.26 Å². The van der Waals surface area contributed by atoms with Crippen LogP contribution < -0.4 is 0 Å². The number of Topliss-reactive ketones (excluding diaryl/α,β-unsaturated/α-hetero) is 1. The lowest BCUT2D eigenvalue weighted by atomic mass is 9.36. The average Bonchev–Trinajstić information content (AvgIpc) is 3.36. The smallest absolute Gasteiger partial charge is 0.178 e. The van der Waals surface area contributed by atoms with E-state index in [-0.39, 0.29) is 35.9 Å². The molecule has 1 aromatic carbocycles. The van der Waals surface area contributed by atoms with Crippen molar-refractivity contribution in [2.45, 2.75) is 70.9 Å². The number of nitriles is 1. The van der Waals surface area contributed by atoms with Crippen LogP contribution in [0, 0.1) is 44.8 Å². The van der Waals surface area contributed by atoms with Crippen LogP contribution >= 0.6 is 0 Å². The van der Waals surface area contributed by atoms with Gasteiger partial charge < -0.3 is 10.2 Å². The van der Waals surface area contributed by atoms with Crippen molar-refractivity contribution in [3.63, 3.8) is 0 Å². The summed E-state index contributed by atoms with van der Waals surface area (Å²) in [6.07, 6.45) is 2.56. The predicted molar refractivity (Wildman–Crippen MR) is 148 cm³/mol. The molecule has 5 aliphatic rings. The van der Waals surface area contributed by atoms with Gasteiger partial charge in [0, 0.05) is 31.0 Å². The molecule has 1 aliphatic heterocycles. The zero-order chi connectivity index (χ0) is 29.8. The van der Waals surface area contributed by atoms with Gasteiger partial charge >= 0.3 is 0 Å². The Bertz CT molecular complexity index is 1430. The number of alkyl halides is 2. The molecule has 1 heterocycles. The predicted octanol–water partition coefficient (Wildman–Crippen LogP) is 4.25. The number of benzene rings is 1. The lowest BCUT2D eigenvalue weighted by Gasteiger charge is -2.70. The van der Waals surface area contributed by atoms with Gasteiger partial charge in [0.1, 0.15) is 12.8 Å². The maximum atomic E-state index is 18.1. The summed E-state index contributed by atoms with van der Waals surface area (Å²) in [6, 6.07) is 9.40. The lowest BCUT2D eigenvalue weighted by molar-refractivity contribution is -0.281. The fraction of sp³-hybridized carbons (Fsp3) is 0.606. The van der Waals surface area contributed by atoms with Crippen molar-refractivity contribution >= 4 is 11.6 Å². The topological polar surface area (TPSA) is 102 Å². The van der Waals surface area contributed by atoms with Crippen LogP contribution in [-0.4, -0.2) is 63.8 Å². The summed E-state index contributed by atoms with van der Waals surface area (Å²) < 4.78 is 34.1. The highest BCUT2D eigenvalue weighted by Crippen LogP contribution is 2.80. The van der Waals surface area contributed by atoms with Crippen LogP contribution in [-0.2, 0) is 16.1 Å². The maximum absolute atomic E-state index is 18.1. The Kier molecular flexibility index (Phi) is 5.99. The molecule has 0 aromatic heterocycles. The number of aliphatic hydroxyl groups is 2. The number of likely N-dealkylation sites (tertiary alicyclic amines) is 1. The molecule has 0 amide bonds. The minimum Gasteiger partial charge on any atom is -0.389 e. The summed E-state index contributed by atoms with van der Waals surface area (Å²) in [6.45, 7) is 7.71. The Balaban J connectivity index is 1.45. The average molecular weight is 565 g/mol. The Labute approximate surface area is 239 Å². The number of carbonyl (C=O) groups is 2. The van der Waals surface area contributed by atoms with E-state index in [1.807, 2.05) is 26.0 Å². The van der Waals surface area contributed by atoms with Crippen molar-refractivity contribution < 1.29 is 28.6 Å². The van der Waals surface area contributed by atoms with Crippen molar-refractivity contribution in [3.8, 4) is 6.07 Å². The number of aliphatic hydroxyl groups excluding tert-OH is 1. The molecule has 1 saturated heterocycles. The number of halogens is 2. The van der Waals surface area contributed by atoms with E-state index in [0.29, 0.717) is 31.6 Å². The molecule has 3 saturated carbocycles. The Hall–Kier alpha value is -2.73. The summed E-state index contributed by atoms with van der Waals surface area (Å²) in [5.74, 6) is -1.86. The molecular weight excluding hydrogens is 526 g/mol. The van der Waals surface area contributed by atoms with Gasteiger partial charge in [-0.15, -0.1) is 0 Å². The number of hydrogen-bond acceptors (Lipinski definition) is 6. The first kappa shape index (κ1) is 28.4. The Morgan fingerprint density at radius 2 is 1.88 bits per heavy atom. The van der Waals surface area contributed by atoms with Gasteiger partial charge in [0.15, 0.2) is 17.2 Å². The standard InChI is InChI=1S/C33H38F2N2O4/c1-28-10-9-23(39)11-24(28)25(34)12-26-29(2)13-22-16-37(15-21-7-5-20(14-36)6-8-21)19-32(22,27(40)17-38)30(29,3)18-31(4,41)33(26,28)35/h5-11,22,25-26,38,41H,12-13,15-19H2,1-4H3/t22-,25-,26-,28-,29-,30-,31-,32+,33+/m0/s1. The van der Waals surface area contributed by atoms with Crippen molar-refractivity contribution in [2.24, 2.45) is 33.5 Å². The number of fused-ring (bicyclic) bond motifs is 7. The van der Waals surface area contributed by atoms with Crippen LogP contribution in [0.15, 0.2) is 48.1 Å². The molecule has 0 unspecified atom stereocenters. The fourth-order valence-electron chi connectivity index (χ4n) is 10.6. The van der Waals surface area contributed by atoms with E-state index in [1.165, 1.54) is 25.2 Å². The number of hydrogen-bond donors (Lipinski definition) is 2. The fourth-order valence-corrected chi connectivity index (χ4v) is 10.6. The number of ketones is 2. The van der Waals surface area contributed by atoms with Gasteiger partial charge in [-0.2, -0.15) is 5.26 Å². The largest absolute Gasteiger partial charge is 0.389 e. The second-order valence-electron chi connectivity index (χ2n) is 14.1.